The molecule has 0 atom stereocenters. The summed E-state index contributed by atoms with van der Waals surface area (Å²) in [7, 11) is -3.82. The van der Waals surface area contributed by atoms with Crippen LogP contribution in [0.3, 0.4) is 0 Å². The molecular formula is C27H25N7O2S2. The standard InChI is InChI=1S/C27H25N7O2S2/c1-18-25(19(2)34(32-18)17-21-9-5-8-20-7-3-4-10-24(20)21)31-27(37)30-22-11-13-23(14-12-22)38(35,36)33-26-28-15-6-16-29-26/h3-16H,17H2,1-2H3,(H,28,29,33)(H2,30,31,37). The molecule has 0 amide bonds. The van der Waals surface area contributed by atoms with Crippen LogP contribution in [0.2, 0.25) is 0 Å². The molecule has 0 unspecified atom stereocenters. The molecule has 0 bridgehead atoms. The third kappa shape index (κ3) is 5.48. The summed E-state index contributed by atoms with van der Waals surface area (Å²) in [6.07, 6.45) is 2.92. The number of nitrogens with zero attached hydrogens (tertiary/aromatic N) is 4. The highest BCUT2D eigenvalue weighted by atomic mass is 32.2. The van der Waals surface area contributed by atoms with E-state index in [0.29, 0.717) is 17.3 Å². The predicted octanol–water partition coefficient (Wildman–Crippen LogP) is 5.10. The molecule has 0 aliphatic rings. The van der Waals surface area contributed by atoms with Crippen LogP contribution in [0.25, 0.3) is 10.8 Å². The van der Waals surface area contributed by atoms with Gasteiger partial charge in [0.2, 0.25) is 5.95 Å². The van der Waals surface area contributed by atoms with E-state index in [0.717, 1.165) is 17.1 Å². The van der Waals surface area contributed by atoms with Gasteiger partial charge >= 0.3 is 0 Å². The molecule has 11 heteroatoms. The molecule has 0 saturated carbocycles. The number of benzene rings is 3. The Morgan fingerprint density at radius 1 is 0.895 bits per heavy atom. The lowest BCUT2D eigenvalue weighted by molar-refractivity contribution is 0.601. The highest BCUT2D eigenvalue weighted by Gasteiger charge is 2.17. The zero-order valence-corrected chi connectivity index (χ0v) is 22.3. The number of aryl methyl sites for hydroxylation is 1. The van der Waals surface area contributed by atoms with Crippen molar-refractivity contribution in [1.29, 1.82) is 0 Å². The summed E-state index contributed by atoms with van der Waals surface area (Å²) >= 11 is 5.53. The topological polar surface area (TPSA) is 114 Å². The monoisotopic (exact) mass is 543 g/mol. The lowest BCUT2D eigenvalue weighted by Crippen LogP contribution is -2.20. The highest BCUT2D eigenvalue weighted by molar-refractivity contribution is 7.92. The van der Waals surface area contributed by atoms with Crippen molar-refractivity contribution in [2.75, 3.05) is 15.4 Å². The molecular weight excluding hydrogens is 518 g/mol. The molecule has 3 aromatic carbocycles. The van der Waals surface area contributed by atoms with E-state index < -0.39 is 10.0 Å². The molecule has 0 aliphatic carbocycles. The lowest BCUT2D eigenvalue weighted by atomic mass is 10.0. The average Bonchev–Trinajstić information content (AvgIpc) is 3.17. The van der Waals surface area contributed by atoms with Crippen LogP contribution in [-0.2, 0) is 16.6 Å². The smallest absolute Gasteiger partial charge is 0.264 e. The Morgan fingerprint density at radius 2 is 1.61 bits per heavy atom. The molecule has 0 spiro atoms. The first kappa shape index (κ1) is 25.3. The molecule has 2 aromatic heterocycles. The summed E-state index contributed by atoms with van der Waals surface area (Å²) in [5.74, 6) is 0.00631. The van der Waals surface area contributed by atoms with Gasteiger partial charge in [-0.15, -0.1) is 0 Å². The number of anilines is 3. The molecule has 38 heavy (non-hydrogen) atoms. The fourth-order valence-electron chi connectivity index (χ4n) is 4.15. The number of rotatable bonds is 7. The summed E-state index contributed by atoms with van der Waals surface area (Å²) in [6.45, 7) is 4.56. The van der Waals surface area contributed by atoms with Crippen LogP contribution in [0.4, 0.5) is 17.3 Å². The Kier molecular flexibility index (Phi) is 7.03. The van der Waals surface area contributed by atoms with E-state index in [2.05, 4.69) is 55.7 Å². The number of sulfonamides is 1. The molecule has 0 fully saturated rings. The fraction of sp³-hybridized carbons (Fsp3) is 0.111. The Hall–Kier alpha value is -4.35. The molecule has 192 valence electrons. The van der Waals surface area contributed by atoms with Gasteiger partial charge in [0.15, 0.2) is 5.11 Å². The molecule has 5 rings (SSSR count). The van der Waals surface area contributed by atoms with Crippen molar-refractivity contribution in [1.82, 2.24) is 19.7 Å². The van der Waals surface area contributed by atoms with Crippen LogP contribution >= 0.6 is 12.2 Å². The zero-order valence-electron chi connectivity index (χ0n) is 20.7. The van der Waals surface area contributed by atoms with E-state index in [4.69, 9.17) is 17.3 Å². The minimum absolute atomic E-state index is 0.00631. The highest BCUT2D eigenvalue weighted by Crippen LogP contribution is 2.24. The second-order valence-corrected chi connectivity index (χ2v) is 10.7. The van der Waals surface area contributed by atoms with Gasteiger partial charge < -0.3 is 10.6 Å². The fourth-order valence-corrected chi connectivity index (χ4v) is 5.33. The first-order chi connectivity index (χ1) is 18.3. The second kappa shape index (κ2) is 10.6. The molecule has 0 saturated heterocycles. The van der Waals surface area contributed by atoms with E-state index in [1.165, 1.54) is 40.9 Å². The minimum Gasteiger partial charge on any atom is -0.332 e. The SMILES string of the molecule is Cc1nn(Cc2cccc3ccccc23)c(C)c1NC(=S)Nc1ccc(S(=O)(=O)Nc2ncccn2)cc1. The number of thiocarbonyl (C=S) groups is 1. The van der Waals surface area contributed by atoms with Crippen LogP contribution in [0, 0.1) is 13.8 Å². The molecule has 0 radical (unpaired) electrons. The van der Waals surface area contributed by atoms with Crippen molar-refractivity contribution < 1.29 is 8.42 Å². The zero-order chi connectivity index (χ0) is 26.7. The quantitative estimate of drug-likeness (QED) is 0.243. The molecule has 2 heterocycles. The van der Waals surface area contributed by atoms with Crippen LogP contribution < -0.4 is 15.4 Å². The van der Waals surface area contributed by atoms with E-state index in [1.807, 2.05) is 30.7 Å². The molecule has 3 N–H and O–H groups in total. The van der Waals surface area contributed by atoms with Crippen LogP contribution in [0.5, 0.6) is 0 Å². The Labute approximate surface area is 226 Å². The van der Waals surface area contributed by atoms with Crippen molar-refractivity contribution in [3.05, 3.63) is 102 Å². The first-order valence-corrected chi connectivity index (χ1v) is 13.7. The number of nitrogens with one attached hydrogen (secondary N) is 3. The van der Waals surface area contributed by atoms with Gasteiger partial charge in [-0.1, -0.05) is 42.5 Å². The molecule has 0 aliphatic heterocycles. The largest absolute Gasteiger partial charge is 0.332 e. The maximum atomic E-state index is 12.6. The Balaban J connectivity index is 1.26. The maximum Gasteiger partial charge on any atom is 0.264 e. The van der Waals surface area contributed by atoms with Crippen LogP contribution in [0.15, 0.2) is 90.1 Å². The number of hydrogen-bond acceptors (Lipinski definition) is 6. The van der Waals surface area contributed by atoms with Crippen molar-refractivity contribution in [3.63, 3.8) is 0 Å². The summed E-state index contributed by atoms with van der Waals surface area (Å²) in [6, 6.07) is 22.4. The van der Waals surface area contributed by atoms with Crippen molar-refractivity contribution >= 4 is 55.4 Å². The van der Waals surface area contributed by atoms with Gasteiger partial charge in [-0.05, 0) is 72.7 Å². The van der Waals surface area contributed by atoms with Crippen molar-refractivity contribution in [3.8, 4) is 0 Å². The van der Waals surface area contributed by atoms with Gasteiger partial charge in [0.1, 0.15) is 0 Å². The average molecular weight is 544 g/mol. The van der Waals surface area contributed by atoms with Gasteiger partial charge in [-0.2, -0.15) is 5.10 Å². The lowest BCUT2D eigenvalue weighted by Gasteiger charge is -2.12. The van der Waals surface area contributed by atoms with Crippen LogP contribution in [0.1, 0.15) is 17.0 Å². The van der Waals surface area contributed by atoms with Gasteiger partial charge in [0.25, 0.3) is 10.0 Å². The normalized spacial score (nSPS) is 11.3. The van der Waals surface area contributed by atoms with E-state index >= 15 is 0 Å². The molecule has 5 aromatic rings. The summed E-state index contributed by atoms with van der Waals surface area (Å²) < 4.78 is 29.5. The van der Waals surface area contributed by atoms with E-state index in [-0.39, 0.29) is 10.8 Å². The van der Waals surface area contributed by atoms with Gasteiger partial charge in [-0.3, -0.25) is 4.68 Å². The van der Waals surface area contributed by atoms with Crippen molar-refractivity contribution in [2.45, 2.75) is 25.3 Å². The summed E-state index contributed by atoms with van der Waals surface area (Å²) in [5.41, 5.74) is 4.42. The van der Waals surface area contributed by atoms with Gasteiger partial charge in [-0.25, -0.2) is 23.1 Å². The molecule has 9 nitrogen and oxygen atoms in total. The van der Waals surface area contributed by atoms with Crippen LogP contribution in [-0.4, -0.2) is 33.3 Å². The minimum atomic E-state index is -3.82. The predicted molar refractivity (Wildman–Crippen MR) is 154 cm³/mol. The van der Waals surface area contributed by atoms with Gasteiger partial charge in [0, 0.05) is 18.1 Å². The number of hydrogen-bond donors (Lipinski definition) is 3. The maximum absolute atomic E-state index is 12.6. The summed E-state index contributed by atoms with van der Waals surface area (Å²) in [5, 5.41) is 13.8. The Morgan fingerprint density at radius 3 is 2.37 bits per heavy atom. The van der Waals surface area contributed by atoms with Crippen molar-refractivity contribution in [2.24, 2.45) is 0 Å². The first-order valence-electron chi connectivity index (χ1n) is 11.8. The van der Waals surface area contributed by atoms with E-state index in [9.17, 15) is 8.42 Å². The summed E-state index contributed by atoms with van der Waals surface area (Å²) in [4.78, 5) is 7.86. The Bertz CT molecular complexity index is 1710. The number of fused-ring (bicyclic) bond motifs is 1. The third-order valence-electron chi connectivity index (χ3n) is 6.03. The van der Waals surface area contributed by atoms with Gasteiger partial charge in [0.05, 0.1) is 28.5 Å². The number of aromatic nitrogens is 4. The third-order valence-corrected chi connectivity index (χ3v) is 7.58. The second-order valence-electron chi connectivity index (χ2n) is 8.62. The van der Waals surface area contributed by atoms with E-state index in [1.54, 1.807) is 18.2 Å².